The average molecular weight is 240 g/mol. The van der Waals surface area contributed by atoms with Crippen molar-refractivity contribution in [3.63, 3.8) is 0 Å². The SMILES string of the molecule is CCOC(=O)N1N=C(C)C[C@]1(O)C(F)(F)F. The molecule has 0 fully saturated rings. The molecule has 1 aliphatic heterocycles. The summed E-state index contributed by atoms with van der Waals surface area (Å²) in [6.07, 6.45) is -7.07. The molecule has 0 aliphatic carbocycles. The first-order valence-electron chi connectivity index (χ1n) is 4.52. The normalized spacial score (nSPS) is 25.6. The molecule has 0 saturated carbocycles. The van der Waals surface area contributed by atoms with E-state index in [-0.39, 0.29) is 17.3 Å². The van der Waals surface area contributed by atoms with E-state index in [2.05, 4.69) is 9.84 Å². The number of nitrogens with zero attached hydrogens (tertiary/aromatic N) is 2. The monoisotopic (exact) mass is 240 g/mol. The predicted octanol–water partition coefficient (Wildman–Crippen LogP) is 1.48. The summed E-state index contributed by atoms with van der Waals surface area (Å²) in [4.78, 5) is 11.2. The second-order valence-corrected chi connectivity index (χ2v) is 3.34. The van der Waals surface area contributed by atoms with E-state index in [1.54, 1.807) is 0 Å². The van der Waals surface area contributed by atoms with Crippen LogP contribution in [0.2, 0.25) is 0 Å². The summed E-state index contributed by atoms with van der Waals surface area (Å²) in [6, 6.07) is 0. The summed E-state index contributed by atoms with van der Waals surface area (Å²) >= 11 is 0. The number of alkyl halides is 3. The van der Waals surface area contributed by atoms with Crippen molar-refractivity contribution in [2.75, 3.05) is 6.61 Å². The Kier molecular flexibility index (Phi) is 3.13. The summed E-state index contributed by atoms with van der Waals surface area (Å²) in [7, 11) is 0. The lowest BCUT2D eigenvalue weighted by molar-refractivity contribution is -0.299. The zero-order valence-electron chi connectivity index (χ0n) is 8.71. The highest BCUT2D eigenvalue weighted by Gasteiger charge is 2.63. The molecule has 0 bridgehead atoms. The Balaban J connectivity index is 3.00. The van der Waals surface area contributed by atoms with Gasteiger partial charge in [-0.25, -0.2) is 4.79 Å². The van der Waals surface area contributed by atoms with E-state index < -0.39 is 24.4 Å². The van der Waals surface area contributed by atoms with Gasteiger partial charge in [0.2, 0.25) is 0 Å². The van der Waals surface area contributed by atoms with Crippen LogP contribution < -0.4 is 0 Å². The van der Waals surface area contributed by atoms with Gasteiger partial charge in [-0.15, -0.1) is 0 Å². The summed E-state index contributed by atoms with van der Waals surface area (Å²) in [6.45, 7) is 2.63. The maximum Gasteiger partial charge on any atom is 0.439 e. The van der Waals surface area contributed by atoms with Crippen LogP contribution in [0.4, 0.5) is 18.0 Å². The third-order valence-electron chi connectivity index (χ3n) is 2.02. The molecule has 1 N–H and O–H groups in total. The predicted molar refractivity (Wildman–Crippen MR) is 47.6 cm³/mol. The molecule has 16 heavy (non-hydrogen) atoms. The Morgan fingerprint density at radius 3 is 2.69 bits per heavy atom. The van der Waals surface area contributed by atoms with Crippen LogP contribution in [0.15, 0.2) is 5.10 Å². The fourth-order valence-corrected chi connectivity index (χ4v) is 1.32. The van der Waals surface area contributed by atoms with Crippen LogP contribution in [0.3, 0.4) is 0 Å². The maximum absolute atomic E-state index is 12.6. The number of amides is 1. The smallest absolute Gasteiger partial charge is 0.439 e. The van der Waals surface area contributed by atoms with E-state index in [1.807, 2.05) is 0 Å². The molecule has 8 heteroatoms. The highest BCUT2D eigenvalue weighted by atomic mass is 19.4. The third kappa shape index (κ3) is 1.97. The van der Waals surface area contributed by atoms with Gasteiger partial charge in [0.15, 0.2) is 0 Å². The van der Waals surface area contributed by atoms with Crippen LogP contribution in [0.5, 0.6) is 0 Å². The number of ether oxygens (including phenoxy) is 1. The molecule has 0 unspecified atom stereocenters. The van der Waals surface area contributed by atoms with E-state index in [9.17, 15) is 23.1 Å². The zero-order chi connectivity index (χ0) is 12.6. The topological polar surface area (TPSA) is 62.1 Å². The Hall–Kier alpha value is -1.31. The number of carbonyl (C=O) groups excluding carboxylic acids is 1. The fourth-order valence-electron chi connectivity index (χ4n) is 1.32. The number of rotatable bonds is 1. The van der Waals surface area contributed by atoms with Gasteiger partial charge in [-0.05, 0) is 13.8 Å². The van der Waals surface area contributed by atoms with E-state index in [0.717, 1.165) is 0 Å². The Morgan fingerprint density at radius 1 is 1.69 bits per heavy atom. The number of hydrogen-bond donors (Lipinski definition) is 1. The summed E-state index contributed by atoms with van der Waals surface area (Å²) in [5.41, 5.74) is -3.29. The molecule has 1 heterocycles. The van der Waals surface area contributed by atoms with Gasteiger partial charge in [0.25, 0.3) is 5.72 Å². The Labute approximate surface area is 89.5 Å². The first-order valence-corrected chi connectivity index (χ1v) is 4.52. The molecule has 0 aromatic heterocycles. The van der Waals surface area contributed by atoms with Gasteiger partial charge in [-0.3, -0.25) is 0 Å². The van der Waals surface area contributed by atoms with Gasteiger partial charge in [-0.2, -0.15) is 23.3 Å². The van der Waals surface area contributed by atoms with Crippen molar-refractivity contribution in [1.29, 1.82) is 0 Å². The molecule has 1 rings (SSSR count). The number of hydrogen-bond acceptors (Lipinski definition) is 4. The first-order chi connectivity index (χ1) is 7.22. The second kappa shape index (κ2) is 3.93. The molecule has 1 atom stereocenters. The lowest BCUT2D eigenvalue weighted by Crippen LogP contribution is -2.56. The fraction of sp³-hybridized carbons (Fsp3) is 0.750. The molecule has 92 valence electrons. The Morgan fingerprint density at radius 2 is 2.25 bits per heavy atom. The average Bonchev–Trinajstić information content (AvgIpc) is 2.42. The van der Waals surface area contributed by atoms with Gasteiger partial charge < -0.3 is 9.84 Å². The molecular weight excluding hydrogens is 229 g/mol. The van der Waals surface area contributed by atoms with Gasteiger partial charge in [-0.1, -0.05) is 0 Å². The molecule has 5 nitrogen and oxygen atoms in total. The number of halogens is 3. The lowest BCUT2D eigenvalue weighted by atomic mass is 10.1. The van der Waals surface area contributed by atoms with Crippen molar-refractivity contribution in [2.45, 2.75) is 32.2 Å². The quantitative estimate of drug-likeness (QED) is 0.755. The van der Waals surface area contributed by atoms with Crippen molar-refractivity contribution < 1.29 is 27.8 Å². The van der Waals surface area contributed by atoms with E-state index in [4.69, 9.17) is 0 Å². The van der Waals surface area contributed by atoms with E-state index in [0.29, 0.717) is 0 Å². The van der Waals surface area contributed by atoms with E-state index in [1.165, 1.54) is 13.8 Å². The standard InChI is InChI=1S/C8H11F3N2O3/c1-3-16-6(14)13-7(15,8(9,10)11)4-5(2)12-13/h15H,3-4H2,1-2H3/t7-/m0/s1. The molecular formula is C8H11F3N2O3. The molecule has 0 aromatic carbocycles. The van der Waals surface area contributed by atoms with Crippen molar-refractivity contribution in [1.82, 2.24) is 5.01 Å². The number of aliphatic hydroxyl groups is 1. The number of carbonyl (C=O) groups is 1. The van der Waals surface area contributed by atoms with Gasteiger partial charge in [0, 0.05) is 12.1 Å². The molecule has 1 amide bonds. The highest BCUT2D eigenvalue weighted by molar-refractivity contribution is 5.87. The minimum Gasteiger partial charge on any atom is -0.448 e. The van der Waals surface area contributed by atoms with Crippen LogP contribution in [-0.4, -0.2) is 40.4 Å². The Bertz CT molecular complexity index is 329. The van der Waals surface area contributed by atoms with Crippen molar-refractivity contribution in [3.8, 4) is 0 Å². The van der Waals surface area contributed by atoms with Crippen LogP contribution in [0, 0.1) is 0 Å². The van der Waals surface area contributed by atoms with Crippen molar-refractivity contribution >= 4 is 11.8 Å². The summed E-state index contributed by atoms with van der Waals surface area (Å²) in [5, 5.41) is 12.7. The van der Waals surface area contributed by atoms with Gasteiger partial charge >= 0.3 is 12.3 Å². The molecule has 0 spiro atoms. The largest absolute Gasteiger partial charge is 0.448 e. The summed E-state index contributed by atoms with van der Waals surface area (Å²) < 4.78 is 42.2. The van der Waals surface area contributed by atoms with Crippen molar-refractivity contribution in [2.24, 2.45) is 5.10 Å². The third-order valence-corrected chi connectivity index (χ3v) is 2.02. The van der Waals surface area contributed by atoms with Gasteiger partial charge in [0.05, 0.1) is 6.61 Å². The maximum atomic E-state index is 12.6. The van der Waals surface area contributed by atoms with Crippen LogP contribution in [0.25, 0.3) is 0 Å². The van der Waals surface area contributed by atoms with Crippen LogP contribution in [0.1, 0.15) is 20.3 Å². The molecule has 0 radical (unpaired) electrons. The minimum absolute atomic E-state index is 0.00729. The van der Waals surface area contributed by atoms with Crippen LogP contribution >= 0.6 is 0 Å². The summed E-state index contributed by atoms with van der Waals surface area (Å²) in [5.74, 6) is 0. The second-order valence-electron chi connectivity index (χ2n) is 3.34. The number of hydrazone groups is 1. The lowest BCUT2D eigenvalue weighted by Gasteiger charge is -2.31. The van der Waals surface area contributed by atoms with Gasteiger partial charge in [0.1, 0.15) is 0 Å². The molecule has 0 saturated heterocycles. The first kappa shape index (κ1) is 12.8. The highest BCUT2D eigenvalue weighted by Crippen LogP contribution is 2.40. The molecule has 0 aromatic rings. The zero-order valence-corrected chi connectivity index (χ0v) is 8.71. The minimum atomic E-state index is -4.99. The van der Waals surface area contributed by atoms with Crippen molar-refractivity contribution in [3.05, 3.63) is 0 Å². The molecule has 1 aliphatic rings. The van der Waals surface area contributed by atoms with Crippen LogP contribution in [-0.2, 0) is 4.74 Å². The van der Waals surface area contributed by atoms with E-state index >= 15 is 0 Å².